The quantitative estimate of drug-likeness (QED) is 0.336. The fourth-order valence-electron chi connectivity index (χ4n) is 7.57. The number of carbonyl (C=O) groups is 1. The molecule has 3 heterocycles. The summed E-state index contributed by atoms with van der Waals surface area (Å²) in [5.41, 5.74) is 4.54. The van der Waals surface area contributed by atoms with E-state index in [4.69, 9.17) is 23.2 Å². The number of hydrogen-bond acceptors (Lipinski definition) is 3. The van der Waals surface area contributed by atoms with E-state index in [1.807, 2.05) is 30.3 Å². The van der Waals surface area contributed by atoms with Gasteiger partial charge in [0.1, 0.15) is 0 Å². The van der Waals surface area contributed by atoms with Gasteiger partial charge in [0.25, 0.3) is 5.91 Å². The van der Waals surface area contributed by atoms with Crippen molar-refractivity contribution in [2.75, 3.05) is 26.2 Å². The summed E-state index contributed by atoms with van der Waals surface area (Å²) in [7, 11) is 0. The number of amides is 1. The molecular formula is C32H37Cl2N3O. The Morgan fingerprint density at radius 2 is 1.79 bits per heavy atom. The normalized spacial score (nSPS) is 22.4. The van der Waals surface area contributed by atoms with E-state index >= 15 is 0 Å². The van der Waals surface area contributed by atoms with E-state index in [9.17, 15) is 4.79 Å². The van der Waals surface area contributed by atoms with Gasteiger partial charge < -0.3 is 4.90 Å². The minimum Gasteiger partial charge on any atom is -0.339 e. The Hall–Kier alpha value is -2.14. The summed E-state index contributed by atoms with van der Waals surface area (Å²) in [6, 6.07) is 14.7. The van der Waals surface area contributed by atoms with Crippen LogP contribution in [0.25, 0.3) is 10.9 Å². The van der Waals surface area contributed by atoms with Crippen LogP contribution in [0.4, 0.5) is 0 Å². The molecule has 1 unspecified atom stereocenters. The first kappa shape index (κ1) is 26.1. The minimum absolute atomic E-state index is 0.147. The van der Waals surface area contributed by atoms with Gasteiger partial charge in [-0.15, -0.1) is 0 Å². The van der Waals surface area contributed by atoms with Gasteiger partial charge >= 0.3 is 0 Å². The van der Waals surface area contributed by atoms with Crippen LogP contribution in [0.15, 0.2) is 48.7 Å². The summed E-state index contributed by atoms with van der Waals surface area (Å²) in [4.78, 5) is 22.9. The van der Waals surface area contributed by atoms with Crippen LogP contribution in [0.5, 0.6) is 0 Å². The SMILES string of the molecule is Cc1ccc(C(=O)N2CCC(N3CCC(Cc4ccc(Cl)c(Cl)c4)C4(CCCC4)C3)CC2)c2cccnc12. The number of hydrogen-bond donors (Lipinski definition) is 0. The first-order valence-corrected chi connectivity index (χ1v) is 15.0. The van der Waals surface area contributed by atoms with Gasteiger partial charge in [-0.3, -0.25) is 14.7 Å². The minimum atomic E-state index is 0.147. The van der Waals surface area contributed by atoms with Crippen molar-refractivity contribution < 1.29 is 4.79 Å². The number of pyridine rings is 1. The van der Waals surface area contributed by atoms with Crippen LogP contribution in [-0.4, -0.2) is 52.9 Å². The summed E-state index contributed by atoms with van der Waals surface area (Å²) in [5, 5.41) is 2.27. The van der Waals surface area contributed by atoms with E-state index in [1.54, 1.807) is 6.20 Å². The molecule has 1 spiro atoms. The highest BCUT2D eigenvalue weighted by atomic mass is 35.5. The highest BCUT2D eigenvalue weighted by molar-refractivity contribution is 6.42. The first-order chi connectivity index (χ1) is 18.4. The third-order valence-electron chi connectivity index (χ3n) is 9.68. The molecule has 2 saturated heterocycles. The molecule has 3 aromatic rings. The van der Waals surface area contributed by atoms with E-state index in [0.29, 0.717) is 27.4 Å². The molecule has 200 valence electrons. The zero-order valence-corrected chi connectivity index (χ0v) is 23.8. The number of aromatic nitrogens is 1. The van der Waals surface area contributed by atoms with Crippen molar-refractivity contribution in [3.05, 3.63) is 75.4 Å². The fraction of sp³-hybridized carbons (Fsp3) is 0.500. The monoisotopic (exact) mass is 549 g/mol. The highest BCUT2D eigenvalue weighted by Gasteiger charge is 2.46. The second-order valence-electron chi connectivity index (χ2n) is 11.8. The Morgan fingerprint density at radius 3 is 2.55 bits per heavy atom. The molecule has 2 aromatic carbocycles. The molecule has 6 rings (SSSR count). The number of fused-ring (bicyclic) bond motifs is 1. The van der Waals surface area contributed by atoms with Crippen molar-refractivity contribution in [2.45, 2.75) is 64.3 Å². The van der Waals surface area contributed by atoms with Crippen LogP contribution in [-0.2, 0) is 6.42 Å². The predicted octanol–water partition coefficient (Wildman–Crippen LogP) is 7.58. The standard InChI is InChI=1S/C32H37Cl2N3O/c1-22-6-8-27(26-5-4-15-35-30(22)26)31(38)36-17-11-25(12-18-36)37-16-10-24(32(21-37)13-2-3-14-32)19-23-7-9-28(33)29(34)20-23/h4-9,15,20,24-25H,2-3,10-14,16-19,21H2,1H3. The second-order valence-corrected chi connectivity index (χ2v) is 12.6. The maximum absolute atomic E-state index is 13.5. The van der Waals surface area contributed by atoms with Gasteiger partial charge in [0.2, 0.25) is 0 Å². The topological polar surface area (TPSA) is 36.4 Å². The molecule has 3 fully saturated rings. The number of piperidine rings is 2. The average Bonchev–Trinajstić information content (AvgIpc) is 3.41. The summed E-state index contributed by atoms with van der Waals surface area (Å²) in [6.45, 7) is 6.07. The lowest BCUT2D eigenvalue weighted by molar-refractivity contribution is -0.00767. The number of halogens is 2. The number of benzene rings is 2. The highest BCUT2D eigenvalue weighted by Crippen LogP contribution is 2.50. The lowest BCUT2D eigenvalue weighted by Crippen LogP contribution is -2.54. The predicted molar refractivity (Wildman–Crippen MR) is 156 cm³/mol. The Kier molecular flexibility index (Phi) is 7.41. The van der Waals surface area contributed by atoms with E-state index in [1.165, 1.54) is 44.2 Å². The Bertz CT molecular complexity index is 1330. The van der Waals surface area contributed by atoms with E-state index < -0.39 is 0 Å². The smallest absolute Gasteiger partial charge is 0.254 e. The molecule has 1 aliphatic carbocycles. The lowest BCUT2D eigenvalue weighted by atomic mass is 9.67. The molecule has 6 heteroatoms. The fourth-order valence-corrected chi connectivity index (χ4v) is 7.89. The third kappa shape index (κ3) is 4.96. The van der Waals surface area contributed by atoms with Crippen molar-refractivity contribution in [3.63, 3.8) is 0 Å². The van der Waals surface area contributed by atoms with Gasteiger partial charge in [-0.25, -0.2) is 0 Å². The number of rotatable bonds is 4. The molecule has 1 atom stereocenters. The molecule has 38 heavy (non-hydrogen) atoms. The Labute approximate surface area is 236 Å². The van der Waals surface area contributed by atoms with Crippen molar-refractivity contribution >= 4 is 40.0 Å². The zero-order chi connectivity index (χ0) is 26.3. The van der Waals surface area contributed by atoms with Gasteiger partial charge in [-0.1, -0.05) is 54.2 Å². The molecule has 1 saturated carbocycles. The zero-order valence-electron chi connectivity index (χ0n) is 22.3. The van der Waals surface area contributed by atoms with Crippen molar-refractivity contribution in [1.29, 1.82) is 0 Å². The van der Waals surface area contributed by atoms with Crippen LogP contribution < -0.4 is 0 Å². The van der Waals surface area contributed by atoms with Crippen LogP contribution >= 0.6 is 23.2 Å². The van der Waals surface area contributed by atoms with Crippen molar-refractivity contribution in [2.24, 2.45) is 11.3 Å². The molecule has 2 aliphatic heterocycles. The molecule has 0 bridgehead atoms. The summed E-state index contributed by atoms with van der Waals surface area (Å²) in [5.74, 6) is 0.845. The number of likely N-dealkylation sites (tertiary alicyclic amines) is 2. The average molecular weight is 551 g/mol. The van der Waals surface area contributed by atoms with E-state index in [2.05, 4.69) is 33.8 Å². The van der Waals surface area contributed by atoms with Gasteiger partial charge in [-0.05, 0) is 98.7 Å². The first-order valence-electron chi connectivity index (χ1n) is 14.3. The van der Waals surface area contributed by atoms with Crippen molar-refractivity contribution in [1.82, 2.24) is 14.8 Å². The molecule has 0 radical (unpaired) electrons. The Morgan fingerprint density at radius 1 is 1.00 bits per heavy atom. The number of carbonyl (C=O) groups excluding carboxylic acids is 1. The Balaban J connectivity index is 1.11. The third-order valence-corrected chi connectivity index (χ3v) is 10.4. The van der Waals surface area contributed by atoms with Crippen LogP contribution in [0.3, 0.4) is 0 Å². The molecule has 4 nitrogen and oxygen atoms in total. The molecule has 0 N–H and O–H groups in total. The molecule has 1 aromatic heterocycles. The van der Waals surface area contributed by atoms with Gasteiger partial charge in [0.15, 0.2) is 0 Å². The van der Waals surface area contributed by atoms with Crippen LogP contribution in [0.2, 0.25) is 10.0 Å². The van der Waals surface area contributed by atoms with Gasteiger partial charge in [-0.2, -0.15) is 0 Å². The van der Waals surface area contributed by atoms with Crippen molar-refractivity contribution in [3.8, 4) is 0 Å². The molecular weight excluding hydrogens is 513 g/mol. The maximum Gasteiger partial charge on any atom is 0.254 e. The van der Waals surface area contributed by atoms with E-state index in [0.717, 1.165) is 60.9 Å². The van der Waals surface area contributed by atoms with Gasteiger partial charge in [0.05, 0.1) is 15.6 Å². The maximum atomic E-state index is 13.5. The van der Waals surface area contributed by atoms with Crippen LogP contribution in [0.1, 0.15) is 66.4 Å². The summed E-state index contributed by atoms with van der Waals surface area (Å²) in [6.07, 6.45) is 11.6. The number of nitrogens with zero attached hydrogens (tertiary/aromatic N) is 3. The molecule has 1 amide bonds. The summed E-state index contributed by atoms with van der Waals surface area (Å²) >= 11 is 12.5. The van der Waals surface area contributed by atoms with Gasteiger partial charge in [0, 0.05) is 42.8 Å². The summed E-state index contributed by atoms with van der Waals surface area (Å²) < 4.78 is 0. The lowest BCUT2D eigenvalue weighted by Gasteiger charge is -2.50. The second kappa shape index (κ2) is 10.8. The van der Waals surface area contributed by atoms with Crippen LogP contribution in [0, 0.1) is 18.3 Å². The largest absolute Gasteiger partial charge is 0.339 e. The number of aryl methyl sites for hydroxylation is 1. The molecule has 3 aliphatic rings. The van der Waals surface area contributed by atoms with E-state index in [-0.39, 0.29) is 5.91 Å².